The number of rotatable bonds is 1. The van der Waals surface area contributed by atoms with E-state index in [1.54, 1.807) is 12.1 Å². The second kappa shape index (κ2) is 3.81. The van der Waals surface area contributed by atoms with Crippen LogP contribution in [0.4, 0.5) is 0 Å². The maximum absolute atomic E-state index is 12.6. The van der Waals surface area contributed by atoms with E-state index in [1.165, 1.54) is 0 Å². The third-order valence-corrected chi connectivity index (χ3v) is 6.30. The van der Waals surface area contributed by atoms with Crippen molar-refractivity contribution in [2.24, 2.45) is 11.8 Å². The van der Waals surface area contributed by atoms with Crippen molar-refractivity contribution < 1.29 is 8.42 Å². The van der Waals surface area contributed by atoms with Crippen LogP contribution in [0.25, 0.3) is 6.08 Å². The van der Waals surface area contributed by atoms with Crippen LogP contribution < -0.4 is 5.32 Å². The largest absolute Gasteiger partial charge is 0.316 e. The molecule has 2 aliphatic heterocycles. The zero-order valence-electron chi connectivity index (χ0n) is 10.5. The Bertz CT molecular complexity index is 715. The number of nitrogens with one attached hydrogen (secondary N) is 1. The minimum atomic E-state index is -3.29. The molecule has 1 aromatic carbocycles. The molecule has 0 bridgehead atoms. The molecular formula is C15H15NO2S. The van der Waals surface area contributed by atoms with Crippen molar-refractivity contribution >= 4 is 15.9 Å². The third kappa shape index (κ3) is 1.56. The minimum absolute atomic E-state index is 0.459. The van der Waals surface area contributed by atoms with Gasteiger partial charge in [0.05, 0.1) is 9.80 Å². The normalized spacial score (nSPS) is 30.7. The van der Waals surface area contributed by atoms with Crippen LogP contribution in [0.15, 0.2) is 45.7 Å². The van der Waals surface area contributed by atoms with Crippen molar-refractivity contribution in [2.45, 2.75) is 11.3 Å². The molecule has 1 aliphatic carbocycles. The van der Waals surface area contributed by atoms with E-state index >= 15 is 0 Å². The Morgan fingerprint density at radius 1 is 1.16 bits per heavy atom. The fourth-order valence-corrected chi connectivity index (χ4v) is 5.12. The topological polar surface area (TPSA) is 46.2 Å². The number of hydrogen-bond acceptors (Lipinski definition) is 3. The summed E-state index contributed by atoms with van der Waals surface area (Å²) < 4.78 is 25.1. The van der Waals surface area contributed by atoms with Gasteiger partial charge in [0.25, 0.3) is 0 Å². The maximum Gasteiger partial charge on any atom is 0.207 e. The van der Waals surface area contributed by atoms with Crippen molar-refractivity contribution in [2.75, 3.05) is 13.1 Å². The quantitative estimate of drug-likeness (QED) is 0.851. The summed E-state index contributed by atoms with van der Waals surface area (Å²) in [5.74, 6) is 1.09. The third-order valence-electron chi connectivity index (χ3n) is 4.39. The molecule has 3 aliphatic rings. The maximum atomic E-state index is 12.6. The number of benzene rings is 1. The SMILES string of the molecule is O=S1(=O)C(C2=CC3CNCC3C2)=Cc2ccccc21. The lowest BCUT2D eigenvalue weighted by Gasteiger charge is -2.07. The zero-order valence-corrected chi connectivity index (χ0v) is 11.3. The molecule has 2 atom stereocenters. The van der Waals surface area contributed by atoms with Gasteiger partial charge in [0.1, 0.15) is 0 Å². The molecule has 98 valence electrons. The molecule has 2 unspecified atom stereocenters. The van der Waals surface area contributed by atoms with Gasteiger partial charge in [-0.05, 0) is 48.1 Å². The molecule has 3 nitrogen and oxygen atoms in total. The summed E-state index contributed by atoms with van der Waals surface area (Å²) in [6, 6.07) is 7.24. The molecule has 2 heterocycles. The highest BCUT2D eigenvalue weighted by Crippen LogP contribution is 2.43. The lowest BCUT2D eigenvalue weighted by Crippen LogP contribution is -2.10. The summed E-state index contributed by atoms with van der Waals surface area (Å²) in [7, 11) is -3.29. The molecule has 0 spiro atoms. The average molecular weight is 273 g/mol. The van der Waals surface area contributed by atoms with E-state index in [0.29, 0.717) is 21.6 Å². The van der Waals surface area contributed by atoms with Gasteiger partial charge in [0, 0.05) is 6.54 Å². The van der Waals surface area contributed by atoms with Gasteiger partial charge >= 0.3 is 0 Å². The second-order valence-corrected chi connectivity index (χ2v) is 7.41. The molecule has 1 fully saturated rings. The van der Waals surface area contributed by atoms with Gasteiger partial charge < -0.3 is 5.32 Å². The van der Waals surface area contributed by atoms with Gasteiger partial charge in [-0.3, -0.25) is 0 Å². The first kappa shape index (κ1) is 11.4. The van der Waals surface area contributed by atoms with Crippen LogP contribution in [-0.4, -0.2) is 21.5 Å². The van der Waals surface area contributed by atoms with Crippen LogP contribution in [0.5, 0.6) is 0 Å². The monoisotopic (exact) mass is 273 g/mol. The number of hydrogen-bond donors (Lipinski definition) is 1. The van der Waals surface area contributed by atoms with Gasteiger partial charge in [0.2, 0.25) is 9.84 Å². The van der Waals surface area contributed by atoms with Crippen molar-refractivity contribution in [1.82, 2.24) is 5.32 Å². The predicted molar refractivity (Wildman–Crippen MR) is 74.2 cm³/mol. The summed E-state index contributed by atoms with van der Waals surface area (Å²) >= 11 is 0. The van der Waals surface area contributed by atoms with Crippen LogP contribution >= 0.6 is 0 Å². The van der Waals surface area contributed by atoms with Crippen molar-refractivity contribution in [3.05, 3.63) is 46.4 Å². The smallest absolute Gasteiger partial charge is 0.207 e. The molecule has 19 heavy (non-hydrogen) atoms. The Morgan fingerprint density at radius 3 is 2.79 bits per heavy atom. The summed E-state index contributed by atoms with van der Waals surface area (Å²) in [5.41, 5.74) is 1.85. The van der Waals surface area contributed by atoms with E-state index in [4.69, 9.17) is 0 Å². The van der Waals surface area contributed by atoms with Crippen LogP contribution in [0.3, 0.4) is 0 Å². The second-order valence-electron chi connectivity index (χ2n) is 5.53. The first-order valence-corrected chi connectivity index (χ1v) is 8.12. The van der Waals surface area contributed by atoms with Crippen molar-refractivity contribution in [3.8, 4) is 0 Å². The first-order chi connectivity index (χ1) is 9.16. The number of sulfone groups is 1. The number of fused-ring (bicyclic) bond motifs is 2. The molecule has 1 aromatic rings. The fraction of sp³-hybridized carbons (Fsp3) is 0.333. The standard InChI is InChI=1S/C15H15NO2S/c17-19(18)14-4-2-1-3-10(14)7-15(19)11-5-12-8-16-9-13(12)6-11/h1-5,7,12-13,16H,6,8-9H2. The Kier molecular flexibility index (Phi) is 2.29. The predicted octanol–water partition coefficient (Wildman–Crippen LogP) is 1.98. The van der Waals surface area contributed by atoms with Gasteiger partial charge in [-0.2, -0.15) is 0 Å². The van der Waals surface area contributed by atoms with Crippen LogP contribution in [0.2, 0.25) is 0 Å². The van der Waals surface area contributed by atoms with Gasteiger partial charge in [-0.1, -0.05) is 24.3 Å². The van der Waals surface area contributed by atoms with Crippen LogP contribution in [0, 0.1) is 11.8 Å². The van der Waals surface area contributed by atoms with Crippen LogP contribution in [0.1, 0.15) is 12.0 Å². The van der Waals surface area contributed by atoms with E-state index < -0.39 is 9.84 Å². The molecule has 0 amide bonds. The van der Waals surface area contributed by atoms with Crippen molar-refractivity contribution in [3.63, 3.8) is 0 Å². The Hall–Kier alpha value is -1.39. The van der Waals surface area contributed by atoms with E-state index in [1.807, 2.05) is 18.2 Å². The molecule has 0 aromatic heterocycles. The first-order valence-electron chi connectivity index (χ1n) is 6.64. The van der Waals surface area contributed by atoms with Gasteiger partial charge in [-0.25, -0.2) is 8.42 Å². The molecule has 1 saturated heterocycles. The van der Waals surface area contributed by atoms with Gasteiger partial charge in [-0.15, -0.1) is 0 Å². The summed E-state index contributed by atoms with van der Waals surface area (Å²) in [6.07, 6.45) is 4.89. The molecular weight excluding hydrogens is 258 g/mol. The van der Waals surface area contributed by atoms with Crippen molar-refractivity contribution in [1.29, 1.82) is 0 Å². The minimum Gasteiger partial charge on any atom is -0.316 e. The molecule has 4 rings (SSSR count). The average Bonchev–Trinajstić information content (AvgIpc) is 3.01. The van der Waals surface area contributed by atoms with E-state index in [9.17, 15) is 8.42 Å². The Labute approximate surface area is 112 Å². The number of allylic oxidation sites excluding steroid dienone is 1. The molecule has 4 heteroatoms. The zero-order chi connectivity index (χ0) is 13.0. The highest BCUT2D eigenvalue weighted by molar-refractivity contribution is 7.96. The summed E-state index contributed by atoms with van der Waals surface area (Å²) in [4.78, 5) is 0.990. The van der Waals surface area contributed by atoms with E-state index in [-0.39, 0.29) is 0 Å². The molecule has 0 radical (unpaired) electrons. The summed E-state index contributed by atoms with van der Waals surface area (Å²) in [5, 5.41) is 3.36. The molecule has 1 N–H and O–H groups in total. The van der Waals surface area contributed by atoms with Crippen LogP contribution in [-0.2, 0) is 9.84 Å². The highest BCUT2D eigenvalue weighted by Gasteiger charge is 2.38. The Balaban J connectivity index is 1.79. The lowest BCUT2D eigenvalue weighted by molar-refractivity contribution is 0.530. The fourth-order valence-electron chi connectivity index (χ4n) is 3.41. The van der Waals surface area contributed by atoms with E-state index in [0.717, 1.165) is 30.6 Å². The molecule has 0 saturated carbocycles. The van der Waals surface area contributed by atoms with E-state index in [2.05, 4.69) is 11.4 Å². The van der Waals surface area contributed by atoms with Gasteiger partial charge in [0.15, 0.2) is 0 Å². The highest BCUT2D eigenvalue weighted by atomic mass is 32.2. The lowest BCUT2D eigenvalue weighted by atomic mass is 10.00. The summed E-state index contributed by atoms with van der Waals surface area (Å²) in [6.45, 7) is 1.99. The Morgan fingerprint density at radius 2 is 2.00 bits per heavy atom.